The largest absolute Gasteiger partial charge is 0.472 e. The molecule has 5 aromatic rings. The average molecular weight is 503 g/mol. The Morgan fingerprint density at radius 3 is 2.53 bits per heavy atom. The third-order valence-electron chi connectivity index (χ3n) is 5.31. The van der Waals surface area contributed by atoms with Gasteiger partial charge in [-0.2, -0.15) is 0 Å². The number of benzene rings is 2. The van der Waals surface area contributed by atoms with Crippen LogP contribution in [0.25, 0.3) is 0 Å². The van der Waals surface area contributed by atoms with Gasteiger partial charge >= 0.3 is 0 Å². The lowest BCUT2D eigenvalue weighted by Crippen LogP contribution is -2.28. The second-order valence-electron chi connectivity index (χ2n) is 7.83. The zero-order valence-electron chi connectivity index (χ0n) is 18.8. The van der Waals surface area contributed by atoms with Gasteiger partial charge in [-0.15, -0.1) is 0 Å². The van der Waals surface area contributed by atoms with Crippen molar-refractivity contribution in [3.05, 3.63) is 118 Å². The zero-order valence-corrected chi connectivity index (χ0v) is 19.5. The molecule has 2 aromatic carbocycles. The maximum absolute atomic E-state index is 13.4. The Labute approximate surface area is 209 Å². The Hall–Kier alpha value is -4.63. The summed E-state index contributed by atoms with van der Waals surface area (Å²) in [7, 11) is 0. The molecule has 0 unspecified atom stereocenters. The van der Waals surface area contributed by atoms with E-state index >= 15 is 0 Å². The Bertz CT molecular complexity index is 1510. The predicted octanol–water partition coefficient (Wildman–Crippen LogP) is 5.49. The normalized spacial score (nSPS) is 10.8. The first kappa shape index (κ1) is 23.1. The fourth-order valence-electron chi connectivity index (χ4n) is 3.48. The summed E-state index contributed by atoms with van der Waals surface area (Å²) in [5.74, 6) is 0.993. The highest BCUT2D eigenvalue weighted by Crippen LogP contribution is 2.23. The van der Waals surface area contributed by atoms with Crippen molar-refractivity contribution in [3.8, 4) is 11.6 Å². The van der Waals surface area contributed by atoms with E-state index < -0.39 is 0 Å². The molecular formula is C26H19ClN4O5. The third-order valence-corrected chi connectivity index (χ3v) is 5.57. The van der Waals surface area contributed by atoms with E-state index in [0.29, 0.717) is 33.9 Å². The van der Waals surface area contributed by atoms with E-state index in [1.807, 2.05) is 12.1 Å². The van der Waals surface area contributed by atoms with Crippen LogP contribution in [-0.4, -0.2) is 20.5 Å². The van der Waals surface area contributed by atoms with Crippen molar-refractivity contribution in [2.75, 3.05) is 5.32 Å². The van der Waals surface area contributed by atoms with Crippen LogP contribution in [-0.2, 0) is 13.0 Å². The highest BCUT2D eigenvalue weighted by Gasteiger charge is 2.16. The van der Waals surface area contributed by atoms with Gasteiger partial charge in [0.05, 0.1) is 18.4 Å². The van der Waals surface area contributed by atoms with E-state index in [1.54, 1.807) is 48.5 Å². The molecule has 0 aliphatic carbocycles. The second-order valence-corrected chi connectivity index (χ2v) is 8.26. The van der Waals surface area contributed by atoms with Gasteiger partial charge in [-0.25, -0.2) is 4.98 Å². The molecule has 3 aromatic heterocycles. The summed E-state index contributed by atoms with van der Waals surface area (Å²) in [5.41, 5.74) is 1.87. The molecule has 0 bridgehead atoms. The average Bonchev–Trinajstić information content (AvgIpc) is 3.60. The van der Waals surface area contributed by atoms with Crippen LogP contribution in [0.15, 0.2) is 99.4 Å². The summed E-state index contributed by atoms with van der Waals surface area (Å²) in [4.78, 5) is 30.5. The molecule has 1 N–H and O–H groups in total. The van der Waals surface area contributed by atoms with Crippen molar-refractivity contribution >= 4 is 29.0 Å². The number of halogens is 1. The maximum Gasteiger partial charge on any atom is 0.259 e. The van der Waals surface area contributed by atoms with Crippen molar-refractivity contribution in [2.45, 2.75) is 13.0 Å². The molecule has 0 amide bonds. The molecule has 0 radical (unpaired) electrons. The molecule has 0 aliphatic rings. The minimum Gasteiger partial charge on any atom is -0.472 e. The summed E-state index contributed by atoms with van der Waals surface area (Å²) in [6.45, 7) is 0.229. The van der Waals surface area contributed by atoms with Gasteiger partial charge in [0, 0.05) is 35.0 Å². The summed E-state index contributed by atoms with van der Waals surface area (Å²) in [5, 5.41) is 7.48. The number of hydrogen-bond donors (Lipinski definition) is 1. The molecule has 36 heavy (non-hydrogen) atoms. The van der Waals surface area contributed by atoms with Crippen molar-refractivity contribution in [3.63, 3.8) is 0 Å². The first-order chi connectivity index (χ1) is 17.5. The number of rotatable bonds is 9. The Morgan fingerprint density at radius 1 is 1.03 bits per heavy atom. The highest BCUT2D eigenvalue weighted by atomic mass is 35.5. The van der Waals surface area contributed by atoms with Gasteiger partial charge in [-0.3, -0.25) is 14.2 Å². The number of anilines is 2. The molecule has 10 heteroatoms. The van der Waals surface area contributed by atoms with Gasteiger partial charge in [0.2, 0.25) is 5.95 Å². The van der Waals surface area contributed by atoms with E-state index in [1.165, 1.54) is 29.6 Å². The van der Waals surface area contributed by atoms with E-state index in [9.17, 15) is 9.59 Å². The van der Waals surface area contributed by atoms with Crippen LogP contribution in [0.4, 0.5) is 11.6 Å². The molecule has 9 nitrogen and oxygen atoms in total. The van der Waals surface area contributed by atoms with E-state index in [4.69, 9.17) is 25.3 Å². The Morgan fingerprint density at radius 2 is 1.83 bits per heavy atom. The van der Waals surface area contributed by atoms with Crippen LogP contribution < -0.4 is 15.6 Å². The summed E-state index contributed by atoms with van der Waals surface area (Å²) < 4.78 is 16.8. The van der Waals surface area contributed by atoms with Crippen LogP contribution in [0, 0.1) is 0 Å². The first-order valence-corrected chi connectivity index (χ1v) is 11.3. The predicted molar refractivity (Wildman–Crippen MR) is 132 cm³/mol. The Kier molecular flexibility index (Phi) is 6.63. The maximum atomic E-state index is 13.4. The minimum absolute atomic E-state index is 0.0969. The molecule has 0 saturated carbocycles. The number of aromatic nitrogens is 3. The third kappa shape index (κ3) is 5.37. The number of carbonyl (C=O) groups is 1. The van der Waals surface area contributed by atoms with Crippen LogP contribution in [0.3, 0.4) is 0 Å². The van der Waals surface area contributed by atoms with Crippen LogP contribution in [0.5, 0.6) is 11.6 Å². The molecular weight excluding hydrogens is 484 g/mol. The summed E-state index contributed by atoms with van der Waals surface area (Å²) in [6, 6.07) is 17.4. The molecule has 3 heterocycles. The molecule has 0 saturated heterocycles. The van der Waals surface area contributed by atoms with Gasteiger partial charge < -0.3 is 19.0 Å². The molecule has 5 rings (SSSR count). The Balaban J connectivity index is 1.43. The minimum atomic E-state index is -0.328. The van der Waals surface area contributed by atoms with Crippen molar-refractivity contribution in [1.82, 2.24) is 14.7 Å². The van der Waals surface area contributed by atoms with Crippen LogP contribution >= 0.6 is 11.6 Å². The highest BCUT2D eigenvalue weighted by molar-refractivity contribution is 6.30. The van der Waals surface area contributed by atoms with Gasteiger partial charge in [0.1, 0.15) is 18.3 Å². The molecule has 0 atom stereocenters. The lowest BCUT2D eigenvalue weighted by Gasteiger charge is -2.15. The molecule has 0 fully saturated rings. The number of nitrogens with one attached hydrogen (secondary N) is 1. The number of ether oxygens (including phenoxy) is 1. The van der Waals surface area contributed by atoms with Crippen molar-refractivity contribution in [1.29, 1.82) is 0 Å². The second kappa shape index (κ2) is 10.3. The molecule has 0 spiro atoms. The number of ketones is 1. The SMILES string of the molecule is O=C(Cc1cnc(Nc2ccc(Oc3ccon3)cc2)n(Cc2ccc(Cl)cc2)c1=O)c1ccoc1. The van der Waals surface area contributed by atoms with Crippen LogP contribution in [0.2, 0.25) is 5.02 Å². The topological polar surface area (TPSA) is 112 Å². The number of furan rings is 1. The summed E-state index contributed by atoms with van der Waals surface area (Å²) >= 11 is 6.02. The van der Waals surface area contributed by atoms with Crippen LogP contribution in [0.1, 0.15) is 21.5 Å². The zero-order chi connectivity index (χ0) is 24.9. The van der Waals surface area contributed by atoms with E-state index in [-0.39, 0.29) is 29.9 Å². The van der Waals surface area contributed by atoms with Gasteiger partial charge in [0.15, 0.2) is 5.78 Å². The quantitative estimate of drug-likeness (QED) is 0.263. The van der Waals surface area contributed by atoms with Gasteiger partial charge in [-0.05, 0) is 53.2 Å². The number of Topliss-reactive ketones (excluding diaryl/α,β-unsaturated/α-hetero) is 1. The fourth-order valence-corrected chi connectivity index (χ4v) is 3.61. The molecule has 0 aliphatic heterocycles. The fraction of sp³-hybridized carbons (Fsp3) is 0.0769. The standard InChI is InChI=1S/C26H19ClN4O5/c27-20-3-1-17(2-4-20)15-31-25(33)19(13-23(32)18-9-11-34-16-18)14-28-26(31)29-21-5-7-22(8-6-21)36-24-10-12-35-30-24/h1-12,14,16H,13,15H2,(H,28,29). The van der Waals surface area contributed by atoms with E-state index in [2.05, 4.69) is 15.5 Å². The lowest BCUT2D eigenvalue weighted by atomic mass is 10.1. The smallest absolute Gasteiger partial charge is 0.259 e. The summed E-state index contributed by atoms with van der Waals surface area (Å²) in [6.07, 6.45) is 5.51. The van der Waals surface area contributed by atoms with Gasteiger partial charge in [0.25, 0.3) is 11.4 Å². The molecule has 180 valence electrons. The number of nitrogens with zero attached hydrogens (tertiary/aromatic N) is 3. The van der Waals surface area contributed by atoms with Crippen molar-refractivity contribution < 1.29 is 18.5 Å². The monoisotopic (exact) mass is 502 g/mol. The lowest BCUT2D eigenvalue weighted by molar-refractivity contribution is 0.0991. The first-order valence-electron chi connectivity index (χ1n) is 10.9. The van der Waals surface area contributed by atoms with Gasteiger partial charge in [-0.1, -0.05) is 23.7 Å². The number of hydrogen-bond acceptors (Lipinski definition) is 8. The van der Waals surface area contributed by atoms with Crippen molar-refractivity contribution in [2.24, 2.45) is 0 Å². The number of carbonyl (C=O) groups excluding carboxylic acids is 1. The van der Waals surface area contributed by atoms with E-state index in [0.717, 1.165) is 5.56 Å².